The predicted octanol–water partition coefficient (Wildman–Crippen LogP) is 3.05. The Balaban J connectivity index is 1.83. The minimum absolute atomic E-state index is 0.520. The normalized spacial score (nSPS) is 10.4. The number of rotatable bonds is 4. The van der Waals surface area contributed by atoms with Gasteiger partial charge >= 0.3 is 0 Å². The molecule has 1 aromatic carbocycles. The number of para-hydroxylation sites is 1. The number of pyridine rings is 1. The topological polar surface area (TPSA) is 63.8 Å². The molecular formula is C15H14N4O. The summed E-state index contributed by atoms with van der Waals surface area (Å²) in [4.78, 5) is 8.55. The Morgan fingerprint density at radius 3 is 2.70 bits per heavy atom. The number of nitrogens with one attached hydrogen (secondary N) is 1. The van der Waals surface area contributed by atoms with Crippen LogP contribution in [0, 0.1) is 6.92 Å². The van der Waals surface area contributed by atoms with Crippen molar-refractivity contribution in [1.29, 1.82) is 0 Å². The fraction of sp³-hybridized carbons (Fsp3) is 0.133. The number of anilines is 1. The molecule has 5 nitrogen and oxygen atoms in total. The van der Waals surface area contributed by atoms with Gasteiger partial charge in [-0.05, 0) is 31.2 Å². The average molecular weight is 266 g/mol. The lowest BCUT2D eigenvalue weighted by atomic mass is 10.1. The van der Waals surface area contributed by atoms with Crippen molar-refractivity contribution in [3.8, 4) is 11.5 Å². The lowest BCUT2D eigenvalue weighted by Crippen LogP contribution is -2.02. The molecule has 3 aromatic rings. The highest BCUT2D eigenvalue weighted by atomic mass is 16.5. The first-order valence-corrected chi connectivity index (χ1v) is 6.36. The molecular weight excluding hydrogens is 252 g/mol. The van der Waals surface area contributed by atoms with Gasteiger partial charge in [0.05, 0.1) is 17.8 Å². The molecule has 0 saturated carbocycles. The maximum atomic E-state index is 5.23. The monoisotopic (exact) mass is 266 g/mol. The van der Waals surface area contributed by atoms with Crippen LogP contribution in [0.2, 0.25) is 0 Å². The lowest BCUT2D eigenvalue weighted by Gasteiger charge is -2.09. The summed E-state index contributed by atoms with van der Waals surface area (Å²) in [7, 11) is 0. The summed E-state index contributed by atoms with van der Waals surface area (Å²) in [6.07, 6.45) is 1.78. The quantitative estimate of drug-likeness (QED) is 0.786. The molecule has 0 bridgehead atoms. The number of hydrogen-bond donors (Lipinski definition) is 1. The van der Waals surface area contributed by atoms with Gasteiger partial charge in [0.2, 0.25) is 0 Å². The van der Waals surface area contributed by atoms with E-state index in [9.17, 15) is 0 Å². The fourth-order valence-electron chi connectivity index (χ4n) is 1.92. The van der Waals surface area contributed by atoms with Gasteiger partial charge in [-0.25, -0.2) is 0 Å². The molecule has 2 heterocycles. The van der Waals surface area contributed by atoms with Crippen LogP contribution in [-0.4, -0.2) is 15.1 Å². The van der Waals surface area contributed by atoms with Gasteiger partial charge in [-0.15, -0.1) is 0 Å². The maximum absolute atomic E-state index is 5.23. The molecule has 0 radical (unpaired) electrons. The zero-order valence-electron chi connectivity index (χ0n) is 11.1. The molecule has 0 fully saturated rings. The Morgan fingerprint density at radius 1 is 1.10 bits per heavy atom. The van der Waals surface area contributed by atoms with Gasteiger partial charge in [0.1, 0.15) is 0 Å². The molecule has 0 saturated heterocycles. The van der Waals surface area contributed by atoms with E-state index in [0.717, 1.165) is 16.9 Å². The Kier molecular flexibility index (Phi) is 3.41. The molecule has 0 unspecified atom stereocenters. The molecule has 0 spiro atoms. The van der Waals surface area contributed by atoms with Crippen molar-refractivity contribution < 1.29 is 4.52 Å². The smallest absolute Gasteiger partial charge is 0.260 e. The van der Waals surface area contributed by atoms with Crippen LogP contribution in [-0.2, 0) is 6.54 Å². The van der Waals surface area contributed by atoms with Crippen LogP contribution in [0.3, 0.4) is 0 Å². The SMILES string of the molecule is Cc1noc(-c2ccccc2NCc2ccccn2)n1. The summed E-state index contributed by atoms with van der Waals surface area (Å²) < 4.78 is 5.23. The first-order chi connectivity index (χ1) is 9.83. The van der Waals surface area contributed by atoms with E-state index in [-0.39, 0.29) is 0 Å². The molecule has 1 N–H and O–H groups in total. The minimum Gasteiger partial charge on any atom is -0.379 e. The van der Waals surface area contributed by atoms with Crippen LogP contribution >= 0.6 is 0 Å². The first-order valence-electron chi connectivity index (χ1n) is 6.36. The highest BCUT2D eigenvalue weighted by molar-refractivity contribution is 5.72. The van der Waals surface area contributed by atoms with E-state index in [0.29, 0.717) is 18.3 Å². The zero-order valence-corrected chi connectivity index (χ0v) is 11.1. The lowest BCUT2D eigenvalue weighted by molar-refractivity contribution is 0.426. The highest BCUT2D eigenvalue weighted by Crippen LogP contribution is 2.26. The standard InChI is InChI=1S/C15H14N4O/c1-11-18-15(20-19-11)13-7-2-3-8-14(13)17-10-12-6-4-5-9-16-12/h2-9,17H,10H2,1H3. The van der Waals surface area contributed by atoms with Gasteiger partial charge in [-0.1, -0.05) is 23.4 Å². The number of benzene rings is 1. The molecule has 0 atom stereocenters. The van der Waals surface area contributed by atoms with Gasteiger partial charge < -0.3 is 9.84 Å². The number of hydrogen-bond acceptors (Lipinski definition) is 5. The Hall–Kier alpha value is -2.69. The third kappa shape index (κ3) is 2.66. The average Bonchev–Trinajstić information content (AvgIpc) is 2.93. The summed E-state index contributed by atoms with van der Waals surface area (Å²) in [5, 5.41) is 7.17. The van der Waals surface area contributed by atoms with Crippen molar-refractivity contribution in [2.75, 3.05) is 5.32 Å². The fourth-order valence-corrected chi connectivity index (χ4v) is 1.92. The second-order valence-corrected chi connectivity index (χ2v) is 4.37. The van der Waals surface area contributed by atoms with Crippen LogP contribution in [0.25, 0.3) is 11.5 Å². The van der Waals surface area contributed by atoms with E-state index in [1.54, 1.807) is 13.1 Å². The molecule has 20 heavy (non-hydrogen) atoms. The molecule has 0 aliphatic rings. The van der Waals surface area contributed by atoms with Crippen molar-refractivity contribution >= 4 is 5.69 Å². The van der Waals surface area contributed by atoms with Crippen molar-refractivity contribution in [3.63, 3.8) is 0 Å². The van der Waals surface area contributed by atoms with Gasteiger partial charge in [-0.2, -0.15) is 4.98 Å². The van der Waals surface area contributed by atoms with E-state index in [2.05, 4.69) is 20.4 Å². The van der Waals surface area contributed by atoms with Gasteiger partial charge in [0, 0.05) is 11.9 Å². The Bertz CT molecular complexity index is 694. The van der Waals surface area contributed by atoms with E-state index in [4.69, 9.17) is 4.52 Å². The second-order valence-electron chi connectivity index (χ2n) is 4.37. The van der Waals surface area contributed by atoms with E-state index >= 15 is 0 Å². The van der Waals surface area contributed by atoms with Crippen LogP contribution in [0.15, 0.2) is 53.2 Å². The van der Waals surface area contributed by atoms with Gasteiger partial charge in [0.15, 0.2) is 5.82 Å². The van der Waals surface area contributed by atoms with Crippen LogP contribution < -0.4 is 5.32 Å². The largest absolute Gasteiger partial charge is 0.379 e. The van der Waals surface area contributed by atoms with Crippen molar-refractivity contribution in [3.05, 3.63) is 60.2 Å². The summed E-state index contributed by atoms with van der Waals surface area (Å²) in [6, 6.07) is 13.7. The predicted molar refractivity (Wildman–Crippen MR) is 76.0 cm³/mol. The summed E-state index contributed by atoms with van der Waals surface area (Å²) in [6.45, 7) is 2.45. The van der Waals surface area contributed by atoms with Crippen molar-refractivity contribution in [2.24, 2.45) is 0 Å². The third-order valence-electron chi connectivity index (χ3n) is 2.87. The third-order valence-corrected chi connectivity index (χ3v) is 2.87. The van der Waals surface area contributed by atoms with Crippen LogP contribution in [0.5, 0.6) is 0 Å². The Morgan fingerprint density at radius 2 is 1.95 bits per heavy atom. The first kappa shape index (κ1) is 12.3. The maximum Gasteiger partial charge on any atom is 0.260 e. The molecule has 5 heteroatoms. The number of aromatic nitrogens is 3. The summed E-state index contributed by atoms with van der Waals surface area (Å²) in [5.41, 5.74) is 2.81. The molecule has 3 rings (SSSR count). The molecule has 0 amide bonds. The molecule has 100 valence electrons. The molecule has 0 aliphatic heterocycles. The van der Waals surface area contributed by atoms with E-state index in [1.165, 1.54) is 0 Å². The van der Waals surface area contributed by atoms with Crippen molar-refractivity contribution in [2.45, 2.75) is 13.5 Å². The van der Waals surface area contributed by atoms with Gasteiger partial charge in [-0.3, -0.25) is 4.98 Å². The highest BCUT2D eigenvalue weighted by Gasteiger charge is 2.10. The van der Waals surface area contributed by atoms with E-state index < -0.39 is 0 Å². The Labute approximate surface area is 116 Å². The number of aryl methyl sites for hydroxylation is 1. The summed E-state index contributed by atoms with van der Waals surface area (Å²) in [5.74, 6) is 1.14. The molecule has 2 aromatic heterocycles. The van der Waals surface area contributed by atoms with Crippen molar-refractivity contribution in [1.82, 2.24) is 15.1 Å². The zero-order chi connectivity index (χ0) is 13.8. The van der Waals surface area contributed by atoms with Gasteiger partial charge in [0.25, 0.3) is 5.89 Å². The minimum atomic E-state index is 0.520. The summed E-state index contributed by atoms with van der Waals surface area (Å²) >= 11 is 0. The molecule has 0 aliphatic carbocycles. The number of nitrogens with zero attached hydrogens (tertiary/aromatic N) is 3. The van der Waals surface area contributed by atoms with Crippen LogP contribution in [0.4, 0.5) is 5.69 Å². The van der Waals surface area contributed by atoms with Crippen LogP contribution in [0.1, 0.15) is 11.5 Å². The van der Waals surface area contributed by atoms with E-state index in [1.807, 2.05) is 42.5 Å². The second kappa shape index (κ2) is 5.52.